The number of primary sulfonamides is 1. The van der Waals surface area contributed by atoms with Gasteiger partial charge in [-0.1, -0.05) is 17.8 Å². The number of carbonyl (C=O) groups excluding carboxylic acids is 1. The maximum atomic E-state index is 12.3. The number of hydrogen-bond acceptors (Lipinski definition) is 6. The molecule has 1 amide bonds. The van der Waals surface area contributed by atoms with E-state index in [2.05, 4.69) is 14.9 Å². The lowest BCUT2D eigenvalue weighted by molar-refractivity contribution is -0.113. The Hall–Kier alpha value is -1.88. The summed E-state index contributed by atoms with van der Waals surface area (Å²) in [6.07, 6.45) is 2.28. The number of imidazole rings is 1. The van der Waals surface area contributed by atoms with Crippen LogP contribution in [-0.2, 0) is 26.1 Å². The van der Waals surface area contributed by atoms with Crippen molar-refractivity contribution in [2.24, 2.45) is 5.14 Å². The van der Waals surface area contributed by atoms with Gasteiger partial charge in [0.05, 0.1) is 29.0 Å². The van der Waals surface area contributed by atoms with Gasteiger partial charge in [0.2, 0.25) is 15.9 Å². The number of sulfonamides is 1. The van der Waals surface area contributed by atoms with Crippen molar-refractivity contribution in [2.75, 3.05) is 17.7 Å². The lowest BCUT2D eigenvalue weighted by Gasteiger charge is -2.14. The molecule has 2 heterocycles. The highest BCUT2D eigenvalue weighted by atomic mass is 32.2. The monoisotopic (exact) mass is 424 g/mol. The van der Waals surface area contributed by atoms with Crippen LogP contribution in [0.3, 0.4) is 0 Å². The highest BCUT2D eigenvalue weighted by molar-refractivity contribution is 7.99. The summed E-state index contributed by atoms with van der Waals surface area (Å²) in [6, 6.07) is 5.87. The molecule has 1 saturated heterocycles. The van der Waals surface area contributed by atoms with Crippen molar-refractivity contribution in [1.82, 2.24) is 9.55 Å². The maximum absolute atomic E-state index is 12.3. The Morgan fingerprint density at radius 1 is 1.43 bits per heavy atom. The third-order valence-electron chi connectivity index (χ3n) is 4.61. The number of carbonyl (C=O) groups is 1. The Labute approximate surface area is 168 Å². The number of rotatable bonds is 7. The minimum Gasteiger partial charge on any atom is -0.376 e. The fourth-order valence-electron chi connectivity index (χ4n) is 3.02. The predicted molar refractivity (Wildman–Crippen MR) is 108 cm³/mol. The Morgan fingerprint density at radius 2 is 2.21 bits per heavy atom. The molecule has 0 spiro atoms. The van der Waals surface area contributed by atoms with Crippen LogP contribution in [-0.4, -0.2) is 42.3 Å². The molecule has 2 aromatic rings. The molecule has 0 unspecified atom stereocenters. The third kappa shape index (κ3) is 5.13. The highest BCUT2D eigenvalue weighted by Crippen LogP contribution is 2.24. The van der Waals surface area contributed by atoms with Gasteiger partial charge in [-0.25, -0.2) is 18.5 Å². The summed E-state index contributed by atoms with van der Waals surface area (Å²) in [5.41, 5.74) is 2.38. The van der Waals surface area contributed by atoms with Crippen molar-refractivity contribution in [3.8, 4) is 0 Å². The van der Waals surface area contributed by atoms with Crippen molar-refractivity contribution >= 4 is 33.4 Å². The smallest absolute Gasteiger partial charge is 0.238 e. The minimum absolute atomic E-state index is 0.0451. The lowest BCUT2D eigenvalue weighted by atomic mass is 10.2. The molecule has 0 bridgehead atoms. The zero-order valence-corrected chi connectivity index (χ0v) is 17.5. The van der Waals surface area contributed by atoms with Gasteiger partial charge in [0.15, 0.2) is 5.16 Å². The summed E-state index contributed by atoms with van der Waals surface area (Å²) in [6.45, 7) is 5.48. The summed E-state index contributed by atoms with van der Waals surface area (Å²) in [4.78, 5) is 16.8. The number of nitrogens with two attached hydrogens (primary N) is 1. The molecule has 3 rings (SSSR count). The van der Waals surface area contributed by atoms with Gasteiger partial charge in [0.25, 0.3) is 0 Å². The highest BCUT2D eigenvalue weighted by Gasteiger charge is 2.21. The fraction of sp³-hybridized carbons (Fsp3) is 0.444. The number of benzene rings is 1. The van der Waals surface area contributed by atoms with Crippen molar-refractivity contribution in [3.63, 3.8) is 0 Å². The first-order valence-corrected chi connectivity index (χ1v) is 11.5. The third-order valence-corrected chi connectivity index (χ3v) is 6.50. The van der Waals surface area contributed by atoms with Crippen LogP contribution in [0.25, 0.3) is 0 Å². The molecule has 0 aliphatic carbocycles. The second-order valence-electron chi connectivity index (χ2n) is 6.72. The Kier molecular flexibility index (Phi) is 6.43. The topological polar surface area (TPSA) is 116 Å². The number of anilines is 1. The van der Waals surface area contributed by atoms with Gasteiger partial charge >= 0.3 is 0 Å². The van der Waals surface area contributed by atoms with Crippen molar-refractivity contribution in [1.29, 1.82) is 0 Å². The van der Waals surface area contributed by atoms with Crippen LogP contribution < -0.4 is 10.5 Å². The van der Waals surface area contributed by atoms with E-state index >= 15 is 0 Å². The molecule has 8 nitrogen and oxygen atoms in total. The lowest BCUT2D eigenvalue weighted by Crippen LogP contribution is -2.18. The summed E-state index contributed by atoms with van der Waals surface area (Å²) in [5, 5.41) is 8.60. The molecule has 10 heteroatoms. The minimum atomic E-state index is -3.82. The van der Waals surface area contributed by atoms with E-state index in [0.717, 1.165) is 42.5 Å². The number of thioether (sulfide) groups is 1. The molecule has 1 atom stereocenters. The summed E-state index contributed by atoms with van der Waals surface area (Å²) < 4.78 is 30.7. The van der Waals surface area contributed by atoms with E-state index in [0.29, 0.717) is 5.69 Å². The second-order valence-corrected chi connectivity index (χ2v) is 9.22. The largest absolute Gasteiger partial charge is 0.376 e. The maximum Gasteiger partial charge on any atom is 0.238 e. The Bertz CT molecular complexity index is 966. The number of nitrogens with one attached hydrogen (secondary N) is 1. The van der Waals surface area contributed by atoms with Crippen molar-refractivity contribution in [2.45, 2.75) is 49.4 Å². The summed E-state index contributed by atoms with van der Waals surface area (Å²) >= 11 is 1.34. The zero-order valence-electron chi connectivity index (χ0n) is 15.8. The number of amides is 1. The molecular formula is C18H24N4O4S2. The molecule has 3 N–H and O–H groups in total. The first-order chi connectivity index (χ1) is 13.2. The van der Waals surface area contributed by atoms with Gasteiger partial charge in [0.1, 0.15) is 0 Å². The van der Waals surface area contributed by atoms with Crippen LogP contribution in [0.15, 0.2) is 34.3 Å². The predicted octanol–water partition coefficient (Wildman–Crippen LogP) is 2.06. The Morgan fingerprint density at radius 3 is 2.89 bits per heavy atom. The molecule has 1 aromatic heterocycles. The number of hydrogen-bond donors (Lipinski definition) is 2. The fourth-order valence-corrected chi connectivity index (χ4v) is 4.48. The van der Waals surface area contributed by atoms with Gasteiger partial charge in [-0.15, -0.1) is 0 Å². The van der Waals surface area contributed by atoms with Gasteiger partial charge in [0, 0.05) is 18.0 Å². The van der Waals surface area contributed by atoms with Gasteiger partial charge in [-0.3, -0.25) is 4.79 Å². The standard InChI is InChI=1S/C18H24N4O4S2/c1-12-13(2)22(10-15-6-4-8-26-15)18(20-12)27-11-17(23)21-14-5-3-7-16(9-14)28(19,24)25/h3,5,7,9,15H,4,6,8,10-11H2,1-2H3,(H,21,23)(H2,19,24,25)/t15-/m0/s1. The number of aromatic nitrogens is 2. The van der Waals surface area contributed by atoms with Crippen LogP contribution >= 0.6 is 11.8 Å². The van der Waals surface area contributed by atoms with E-state index < -0.39 is 10.0 Å². The molecule has 0 radical (unpaired) electrons. The normalized spacial score (nSPS) is 17.0. The van der Waals surface area contributed by atoms with Crippen LogP contribution in [0.4, 0.5) is 5.69 Å². The number of ether oxygens (including phenoxy) is 1. The van der Waals surface area contributed by atoms with E-state index in [4.69, 9.17) is 9.88 Å². The zero-order chi connectivity index (χ0) is 20.3. The Balaban J connectivity index is 1.64. The number of nitrogens with zero attached hydrogens (tertiary/aromatic N) is 2. The molecule has 1 aliphatic rings. The number of aryl methyl sites for hydroxylation is 1. The molecule has 1 aliphatic heterocycles. The molecule has 1 fully saturated rings. The van der Waals surface area contributed by atoms with Crippen LogP contribution in [0, 0.1) is 13.8 Å². The molecule has 0 saturated carbocycles. The SMILES string of the molecule is Cc1nc(SCC(=O)Nc2cccc(S(N)(=O)=O)c2)n(C[C@@H]2CCCO2)c1C. The quantitative estimate of drug-likeness (QED) is 0.657. The second kappa shape index (κ2) is 8.64. The van der Waals surface area contributed by atoms with Crippen LogP contribution in [0.1, 0.15) is 24.2 Å². The van der Waals surface area contributed by atoms with Crippen molar-refractivity contribution in [3.05, 3.63) is 35.7 Å². The van der Waals surface area contributed by atoms with E-state index in [9.17, 15) is 13.2 Å². The van der Waals surface area contributed by atoms with Gasteiger partial charge in [-0.05, 0) is 44.9 Å². The molecular weight excluding hydrogens is 400 g/mol. The molecule has 152 valence electrons. The molecule has 28 heavy (non-hydrogen) atoms. The summed E-state index contributed by atoms with van der Waals surface area (Å²) in [7, 11) is -3.82. The first-order valence-electron chi connectivity index (χ1n) is 8.95. The van der Waals surface area contributed by atoms with Crippen LogP contribution in [0.2, 0.25) is 0 Å². The summed E-state index contributed by atoms with van der Waals surface area (Å²) in [5.74, 6) is -0.0976. The van der Waals surface area contributed by atoms with E-state index in [1.54, 1.807) is 6.07 Å². The van der Waals surface area contributed by atoms with E-state index in [1.807, 2.05) is 13.8 Å². The van der Waals surface area contributed by atoms with E-state index in [-0.39, 0.29) is 22.7 Å². The average Bonchev–Trinajstić information content (AvgIpc) is 3.23. The van der Waals surface area contributed by atoms with Crippen molar-refractivity contribution < 1.29 is 17.9 Å². The first kappa shape index (κ1) is 20.8. The van der Waals surface area contributed by atoms with Crippen LogP contribution in [0.5, 0.6) is 0 Å². The molecule has 1 aromatic carbocycles. The average molecular weight is 425 g/mol. The van der Waals surface area contributed by atoms with E-state index in [1.165, 1.54) is 30.0 Å². The van der Waals surface area contributed by atoms with Gasteiger partial charge < -0.3 is 14.6 Å². The van der Waals surface area contributed by atoms with Gasteiger partial charge in [-0.2, -0.15) is 0 Å².